The zero-order valence-electron chi connectivity index (χ0n) is 19.7. The SMILES string of the molecule is COc1cccc2[nH]c(C(=O)N3CS(C)(C)C[C@H]3C(=O)N[C@H](C#N)C[C@@H]3CCCNC3=O)cc12. The number of hydrogen-bond donors (Lipinski definition) is 3. The molecule has 0 bridgehead atoms. The Balaban J connectivity index is 1.52. The van der Waals surface area contributed by atoms with Crippen LogP contribution in [0.4, 0.5) is 0 Å². The molecule has 3 N–H and O–H groups in total. The fourth-order valence-corrected chi connectivity index (χ4v) is 7.13. The van der Waals surface area contributed by atoms with Gasteiger partial charge in [-0.1, -0.05) is 6.07 Å². The maximum absolute atomic E-state index is 13.5. The lowest BCUT2D eigenvalue weighted by molar-refractivity contribution is -0.128. The van der Waals surface area contributed by atoms with Crippen molar-refractivity contribution in [3.8, 4) is 11.8 Å². The van der Waals surface area contributed by atoms with Crippen molar-refractivity contribution in [2.45, 2.75) is 31.3 Å². The number of hydrogen-bond acceptors (Lipinski definition) is 5. The fraction of sp³-hybridized carbons (Fsp3) is 0.500. The lowest BCUT2D eigenvalue weighted by atomic mass is 9.92. The Morgan fingerprint density at radius 3 is 2.88 bits per heavy atom. The van der Waals surface area contributed by atoms with Crippen LogP contribution in [0.25, 0.3) is 10.9 Å². The Morgan fingerprint density at radius 1 is 1.38 bits per heavy atom. The molecule has 3 atom stereocenters. The molecule has 0 spiro atoms. The summed E-state index contributed by atoms with van der Waals surface area (Å²) in [6, 6.07) is 7.98. The second-order valence-corrected chi connectivity index (χ2v) is 13.6. The van der Waals surface area contributed by atoms with Crippen LogP contribution in [0.5, 0.6) is 5.75 Å². The Morgan fingerprint density at radius 2 is 2.18 bits per heavy atom. The van der Waals surface area contributed by atoms with Crippen molar-refractivity contribution in [2.75, 3.05) is 37.8 Å². The Hall–Kier alpha value is -3.19. The van der Waals surface area contributed by atoms with Crippen LogP contribution in [-0.4, -0.2) is 77.5 Å². The van der Waals surface area contributed by atoms with Crippen molar-refractivity contribution in [1.29, 1.82) is 5.26 Å². The zero-order chi connectivity index (χ0) is 24.5. The summed E-state index contributed by atoms with van der Waals surface area (Å²) in [7, 11) is 0.376. The smallest absolute Gasteiger partial charge is 0.271 e. The van der Waals surface area contributed by atoms with Gasteiger partial charge in [-0.25, -0.2) is 10.0 Å². The molecule has 3 heterocycles. The lowest BCUT2D eigenvalue weighted by Crippen LogP contribution is -2.50. The molecule has 182 valence electrons. The van der Waals surface area contributed by atoms with Crippen molar-refractivity contribution in [3.63, 3.8) is 0 Å². The molecule has 9 nitrogen and oxygen atoms in total. The monoisotopic (exact) mass is 485 g/mol. The highest BCUT2D eigenvalue weighted by Crippen LogP contribution is 2.48. The summed E-state index contributed by atoms with van der Waals surface area (Å²) in [6.07, 6.45) is 6.04. The number of rotatable bonds is 6. The quantitative estimate of drug-likeness (QED) is 0.576. The third-order valence-electron chi connectivity index (χ3n) is 6.50. The lowest BCUT2D eigenvalue weighted by Gasteiger charge is -2.26. The van der Waals surface area contributed by atoms with Crippen LogP contribution < -0.4 is 15.4 Å². The van der Waals surface area contributed by atoms with Crippen molar-refractivity contribution >= 4 is 38.7 Å². The number of ether oxygens (including phenoxy) is 1. The minimum atomic E-state index is -1.21. The maximum atomic E-state index is 13.5. The first-order valence-corrected chi connectivity index (χ1v) is 14.1. The van der Waals surface area contributed by atoms with Gasteiger partial charge in [0.1, 0.15) is 23.5 Å². The molecule has 1 aromatic carbocycles. The fourth-order valence-electron chi connectivity index (χ4n) is 4.79. The number of carbonyl (C=O) groups excluding carboxylic acids is 3. The van der Waals surface area contributed by atoms with E-state index >= 15 is 0 Å². The van der Waals surface area contributed by atoms with Gasteiger partial charge in [0.2, 0.25) is 11.8 Å². The molecule has 2 aromatic rings. The van der Waals surface area contributed by atoms with E-state index in [1.807, 2.05) is 18.2 Å². The largest absolute Gasteiger partial charge is 0.496 e. The molecule has 2 saturated heterocycles. The summed E-state index contributed by atoms with van der Waals surface area (Å²) in [5.41, 5.74) is 1.18. The zero-order valence-corrected chi connectivity index (χ0v) is 20.5. The number of benzene rings is 1. The van der Waals surface area contributed by atoms with E-state index in [0.717, 1.165) is 17.3 Å². The average Bonchev–Trinajstić information content (AvgIpc) is 3.40. The summed E-state index contributed by atoms with van der Waals surface area (Å²) in [6.45, 7) is 0.648. The molecular weight excluding hydrogens is 454 g/mol. The van der Waals surface area contributed by atoms with Crippen molar-refractivity contribution < 1.29 is 19.1 Å². The minimum Gasteiger partial charge on any atom is -0.496 e. The summed E-state index contributed by atoms with van der Waals surface area (Å²) in [4.78, 5) is 43.6. The van der Waals surface area contributed by atoms with E-state index in [2.05, 4.69) is 34.2 Å². The first-order valence-electron chi connectivity index (χ1n) is 11.4. The molecule has 3 amide bonds. The third kappa shape index (κ3) is 4.85. The molecule has 4 rings (SSSR count). The highest BCUT2D eigenvalue weighted by Gasteiger charge is 2.42. The van der Waals surface area contributed by atoms with Crippen molar-refractivity contribution in [3.05, 3.63) is 30.0 Å². The molecule has 10 heteroatoms. The standard InChI is InChI=1S/C24H31N5O4S/c1-33-21-8-4-7-18-17(21)11-19(28-18)24(32)29-14-34(2,3)13-20(29)23(31)27-16(12-25)10-15-6-5-9-26-22(15)30/h4,7-8,11,15-16,20,28H,5-6,9-10,13-14H2,1-3H3,(H,26,30)(H,27,31)/t15-,16-,20-/m0/s1. The third-order valence-corrected chi connectivity index (χ3v) is 8.70. The van der Waals surface area contributed by atoms with Crippen LogP contribution in [0.1, 0.15) is 29.8 Å². The van der Waals surface area contributed by atoms with Gasteiger partial charge >= 0.3 is 0 Å². The van der Waals surface area contributed by atoms with Gasteiger partial charge in [-0.15, -0.1) is 0 Å². The number of aromatic nitrogens is 1. The summed E-state index contributed by atoms with van der Waals surface area (Å²) in [5, 5.41) is 16.1. The van der Waals surface area contributed by atoms with E-state index in [-0.39, 0.29) is 30.1 Å². The number of amides is 3. The number of nitriles is 1. The topological polar surface area (TPSA) is 127 Å². The van der Waals surface area contributed by atoms with E-state index in [0.29, 0.717) is 36.0 Å². The summed E-state index contributed by atoms with van der Waals surface area (Å²) < 4.78 is 5.40. The second-order valence-electron chi connectivity index (χ2n) is 9.51. The van der Waals surface area contributed by atoms with Crippen molar-refractivity contribution in [1.82, 2.24) is 20.5 Å². The van der Waals surface area contributed by atoms with Crippen molar-refractivity contribution in [2.24, 2.45) is 5.92 Å². The molecule has 2 aliphatic heterocycles. The van der Waals surface area contributed by atoms with Gasteiger partial charge in [0.25, 0.3) is 5.91 Å². The van der Waals surface area contributed by atoms with Crippen LogP contribution in [0.15, 0.2) is 24.3 Å². The van der Waals surface area contributed by atoms with Gasteiger partial charge < -0.3 is 25.3 Å². The normalized spacial score (nSPS) is 23.6. The first-order chi connectivity index (χ1) is 16.2. The number of carbonyl (C=O) groups is 3. The van der Waals surface area contributed by atoms with E-state index in [1.165, 1.54) is 0 Å². The molecule has 2 aliphatic rings. The highest BCUT2D eigenvalue weighted by molar-refractivity contribution is 8.32. The van der Waals surface area contributed by atoms with Crippen LogP contribution >= 0.6 is 10.0 Å². The van der Waals surface area contributed by atoms with Gasteiger partial charge in [0, 0.05) is 29.1 Å². The predicted molar refractivity (Wildman–Crippen MR) is 132 cm³/mol. The van der Waals surface area contributed by atoms with E-state index in [1.54, 1.807) is 18.1 Å². The van der Waals surface area contributed by atoms with E-state index < -0.39 is 22.1 Å². The van der Waals surface area contributed by atoms with Gasteiger partial charge in [-0.2, -0.15) is 5.26 Å². The van der Waals surface area contributed by atoms with Gasteiger partial charge in [0.15, 0.2) is 0 Å². The number of H-pyrrole nitrogens is 1. The molecule has 0 aliphatic carbocycles. The summed E-state index contributed by atoms with van der Waals surface area (Å²) >= 11 is 0. The first kappa shape index (κ1) is 24.0. The molecule has 0 unspecified atom stereocenters. The number of piperidine rings is 1. The van der Waals surface area contributed by atoms with Gasteiger partial charge in [-0.3, -0.25) is 14.4 Å². The van der Waals surface area contributed by atoms with Crippen LogP contribution in [0, 0.1) is 17.2 Å². The van der Waals surface area contributed by atoms with E-state index in [9.17, 15) is 19.6 Å². The Kier molecular flexibility index (Phi) is 6.75. The Bertz CT molecular complexity index is 1150. The van der Waals surface area contributed by atoms with Crippen LogP contribution in [0.3, 0.4) is 0 Å². The molecule has 0 radical (unpaired) electrons. The molecular formula is C24H31N5O4S. The van der Waals surface area contributed by atoms with Gasteiger partial charge in [0.05, 0.1) is 19.1 Å². The van der Waals surface area contributed by atoms with Gasteiger partial charge in [-0.05, 0) is 50.0 Å². The number of fused-ring (bicyclic) bond motifs is 1. The number of nitrogens with one attached hydrogen (secondary N) is 3. The number of aromatic amines is 1. The van der Waals surface area contributed by atoms with Crippen LogP contribution in [-0.2, 0) is 9.59 Å². The number of methoxy groups -OCH3 is 1. The Labute approximate surface area is 200 Å². The molecule has 1 aromatic heterocycles. The molecule has 34 heavy (non-hydrogen) atoms. The number of nitrogens with zero attached hydrogens (tertiary/aromatic N) is 2. The highest BCUT2D eigenvalue weighted by atomic mass is 32.3. The molecule has 0 saturated carbocycles. The van der Waals surface area contributed by atoms with E-state index in [4.69, 9.17) is 4.74 Å². The van der Waals surface area contributed by atoms with Crippen LogP contribution in [0.2, 0.25) is 0 Å². The second kappa shape index (κ2) is 9.58. The average molecular weight is 486 g/mol. The predicted octanol–water partition coefficient (Wildman–Crippen LogP) is 1.95. The minimum absolute atomic E-state index is 0.0711. The molecule has 2 fully saturated rings. The maximum Gasteiger partial charge on any atom is 0.271 e. The summed E-state index contributed by atoms with van der Waals surface area (Å²) in [5.74, 6) is 0.772.